The second kappa shape index (κ2) is 7.00. The standard InChI is InChI=1S/C13H21ClN2OS/c1-5-16(8-11-6-7-12(14)18-11)13(17)15-10(4)9(2)3/h6-7,9-10H,5,8H2,1-4H3,(H,15,17). The van der Waals surface area contributed by atoms with Crippen molar-refractivity contribution in [2.75, 3.05) is 6.54 Å². The van der Waals surface area contributed by atoms with E-state index in [0.717, 1.165) is 9.21 Å². The average molecular weight is 289 g/mol. The van der Waals surface area contributed by atoms with Gasteiger partial charge in [-0.3, -0.25) is 0 Å². The molecule has 3 nitrogen and oxygen atoms in total. The van der Waals surface area contributed by atoms with E-state index in [1.165, 1.54) is 11.3 Å². The number of urea groups is 1. The lowest BCUT2D eigenvalue weighted by atomic mass is 10.1. The van der Waals surface area contributed by atoms with E-state index < -0.39 is 0 Å². The highest BCUT2D eigenvalue weighted by molar-refractivity contribution is 7.16. The van der Waals surface area contributed by atoms with Crippen LogP contribution in [0.25, 0.3) is 0 Å². The monoisotopic (exact) mass is 288 g/mol. The number of rotatable bonds is 5. The minimum absolute atomic E-state index is 0.0109. The zero-order valence-corrected chi connectivity index (χ0v) is 12.9. The maximum atomic E-state index is 12.1. The van der Waals surface area contributed by atoms with Gasteiger partial charge in [-0.15, -0.1) is 11.3 Å². The van der Waals surface area contributed by atoms with E-state index in [2.05, 4.69) is 19.2 Å². The van der Waals surface area contributed by atoms with E-state index in [0.29, 0.717) is 19.0 Å². The van der Waals surface area contributed by atoms with Gasteiger partial charge in [0.15, 0.2) is 0 Å². The van der Waals surface area contributed by atoms with Gasteiger partial charge in [-0.05, 0) is 31.9 Å². The molecule has 0 saturated carbocycles. The number of amides is 2. The Kier molecular flexibility index (Phi) is 5.96. The first-order chi connectivity index (χ1) is 8.43. The van der Waals surface area contributed by atoms with Crippen molar-refractivity contribution < 1.29 is 4.79 Å². The number of carbonyl (C=O) groups is 1. The molecule has 1 aromatic heterocycles. The molecule has 18 heavy (non-hydrogen) atoms. The molecule has 0 spiro atoms. The van der Waals surface area contributed by atoms with Crippen molar-refractivity contribution >= 4 is 29.0 Å². The molecule has 1 unspecified atom stereocenters. The highest BCUT2D eigenvalue weighted by Crippen LogP contribution is 2.22. The second-order valence-electron chi connectivity index (χ2n) is 4.70. The van der Waals surface area contributed by atoms with Crippen LogP contribution in [0.15, 0.2) is 12.1 Å². The number of nitrogens with one attached hydrogen (secondary N) is 1. The van der Waals surface area contributed by atoms with Gasteiger partial charge in [0.1, 0.15) is 0 Å². The molecule has 1 aromatic rings. The Labute approximate surface area is 118 Å². The van der Waals surface area contributed by atoms with Crippen LogP contribution in [0.4, 0.5) is 4.79 Å². The van der Waals surface area contributed by atoms with Gasteiger partial charge in [0.05, 0.1) is 10.9 Å². The lowest BCUT2D eigenvalue weighted by molar-refractivity contribution is 0.192. The summed E-state index contributed by atoms with van der Waals surface area (Å²) in [4.78, 5) is 15.0. The summed E-state index contributed by atoms with van der Waals surface area (Å²) in [5.41, 5.74) is 0. The van der Waals surface area contributed by atoms with Crippen LogP contribution in [-0.2, 0) is 6.54 Å². The van der Waals surface area contributed by atoms with E-state index in [1.54, 1.807) is 4.90 Å². The van der Waals surface area contributed by atoms with Gasteiger partial charge in [0.2, 0.25) is 0 Å². The van der Waals surface area contributed by atoms with Crippen molar-refractivity contribution in [1.29, 1.82) is 0 Å². The molecule has 0 bridgehead atoms. The second-order valence-corrected chi connectivity index (χ2v) is 6.50. The fourth-order valence-corrected chi connectivity index (χ4v) is 2.51. The minimum Gasteiger partial charge on any atom is -0.335 e. The normalized spacial score (nSPS) is 12.6. The molecule has 0 aliphatic rings. The molecule has 0 aromatic carbocycles. The number of halogens is 1. The van der Waals surface area contributed by atoms with Gasteiger partial charge in [-0.1, -0.05) is 25.4 Å². The molecular weight excluding hydrogens is 268 g/mol. The Hall–Kier alpha value is -0.740. The lowest BCUT2D eigenvalue weighted by Crippen LogP contribution is -2.45. The molecule has 1 N–H and O–H groups in total. The van der Waals surface area contributed by atoms with Crippen LogP contribution in [0.3, 0.4) is 0 Å². The van der Waals surface area contributed by atoms with E-state index in [4.69, 9.17) is 11.6 Å². The van der Waals surface area contributed by atoms with Crippen molar-refractivity contribution in [3.63, 3.8) is 0 Å². The summed E-state index contributed by atoms with van der Waals surface area (Å²) in [7, 11) is 0. The van der Waals surface area contributed by atoms with Crippen molar-refractivity contribution in [2.45, 2.75) is 40.3 Å². The summed E-state index contributed by atoms with van der Waals surface area (Å²) >= 11 is 7.41. The van der Waals surface area contributed by atoms with E-state index in [1.807, 2.05) is 26.0 Å². The predicted octanol–water partition coefficient (Wildman–Crippen LogP) is 3.98. The van der Waals surface area contributed by atoms with Crippen molar-refractivity contribution in [3.8, 4) is 0 Å². The summed E-state index contributed by atoms with van der Waals surface area (Å²) in [5.74, 6) is 0.434. The third-order valence-corrected chi connectivity index (χ3v) is 4.21. The summed E-state index contributed by atoms with van der Waals surface area (Å²) in [6.07, 6.45) is 0. The van der Waals surface area contributed by atoms with E-state index >= 15 is 0 Å². The molecule has 2 amide bonds. The van der Waals surface area contributed by atoms with Crippen LogP contribution in [0, 0.1) is 5.92 Å². The third-order valence-electron chi connectivity index (χ3n) is 3.00. The largest absolute Gasteiger partial charge is 0.335 e. The van der Waals surface area contributed by atoms with Gasteiger partial charge in [0.25, 0.3) is 0 Å². The first-order valence-electron chi connectivity index (χ1n) is 6.23. The predicted molar refractivity (Wildman–Crippen MR) is 78.2 cm³/mol. The summed E-state index contributed by atoms with van der Waals surface area (Å²) in [6.45, 7) is 9.50. The Balaban J connectivity index is 2.57. The third kappa shape index (κ3) is 4.50. The molecule has 0 aliphatic heterocycles. The van der Waals surface area contributed by atoms with Gasteiger partial charge >= 0.3 is 6.03 Å². The molecule has 102 valence electrons. The molecular formula is C13H21ClN2OS. The van der Waals surface area contributed by atoms with Crippen LogP contribution >= 0.6 is 22.9 Å². The fraction of sp³-hybridized carbons (Fsp3) is 0.615. The molecule has 1 atom stereocenters. The topological polar surface area (TPSA) is 32.3 Å². The molecule has 0 fully saturated rings. The lowest BCUT2D eigenvalue weighted by Gasteiger charge is -2.25. The van der Waals surface area contributed by atoms with Gasteiger partial charge in [-0.2, -0.15) is 0 Å². The Morgan fingerprint density at radius 3 is 2.56 bits per heavy atom. The van der Waals surface area contributed by atoms with Crippen molar-refractivity contribution in [3.05, 3.63) is 21.3 Å². The zero-order chi connectivity index (χ0) is 13.7. The Bertz CT molecular complexity index is 392. The highest BCUT2D eigenvalue weighted by atomic mass is 35.5. The smallest absolute Gasteiger partial charge is 0.317 e. The number of carbonyl (C=O) groups excluding carboxylic acids is 1. The number of thiophene rings is 1. The molecule has 0 aliphatic carbocycles. The highest BCUT2D eigenvalue weighted by Gasteiger charge is 2.16. The van der Waals surface area contributed by atoms with Crippen molar-refractivity contribution in [2.24, 2.45) is 5.92 Å². The SMILES string of the molecule is CCN(Cc1ccc(Cl)s1)C(=O)NC(C)C(C)C. The molecule has 1 rings (SSSR count). The maximum Gasteiger partial charge on any atom is 0.317 e. The fourth-order valence-electron chi connectivity index (χ4n) is 1.40. The Morgan fingerprint density at radius 1 is 1.44 bits per heavy atom. The van der Waals surface area contributed by atoms with Crippen LogP contribution < -0.4 is 5.32 Å². The van der Waals surface area contributed by atoms with Crippen LogP contribution in [0.1, 0.15) is 32.6 Å². The van der Waals surface area contributed by atoms with Crippen LogP contribution in [0.5, 0.6) is 0 Å². The summed E-state index contributed by atoms with van der Waals surface area (Å²) in [6, 6.07) is 4.00. The van der Waals surface area contributed by atoms with E-state index in [-0.39, 0.29) is 12.1 Å². The van der Waals surface area contributed by atoms with E-state index in [9.17, 15) is 4.79 Å². The van der Waals surface area contributed by atoms with Gasteiger partial charge < -0.3 is 10.2 Å². The van der Waals surface area contributed by atoms with Crippen LogP contribution in [0.2, 0.25) is 4.34 Å². The summed E-state index contributed by atoms with van der Waals surface area (Å²) in [5, 5.41) is 3.02. The molecule has 0 saturated heterocycles. The first-order valence-corrected chi connectivity index (χ1v) is 7.43. The average Bonchev–Trinajstić information content (AvgIpc) is 2.71. The number of nitrogens with zero attached hydrogens (tertiary/aromatic N) is 1. The molecule has 0 radical (unpaired) electrons. The molecule has 1 heterocycles. The molecule has 5 heteroatoms. The number of hydrogen-bond donors (Lipinski definition) is 1. The Morgan fingerprint density at radius 2 is 2.11 bits per heavy atom. The first kappa shape index (κ1) is 15.3. The quantitative estimate of drug-likeness (QED) is 0.873. The minimum atomic E-state index is -0.0109. The van der Waals surface area contributed by atoms with Gasteiger partial charge in [0, 0.05) is 17.5 Å². The summed E-state index contributed by atoms with van der Waals surface area (Å²) < 4.78 is 0.761. The van der Waals surface area contributed by atoms with Crippen molar-refractivity contribution in [1.82, 2.24) is 10.2 Å². The zero-order valence-electron chi connectivity index (χ0n) is 11.4. The number of hydrogen-bond acceptors (Lipinski definition) is 2. The van der Waals surface area contributed by atoms with Gasteiger partial charge in [-0.25, -0.2) is 4.79 Å². The van der Waals surface area contributed by atoms with Crippen LogP contribution in [-0.4, -0.2) is 23.5 Å². The maximum absolute atomic E-state index is 12.1.